The monoisotopic (exact) mass is 487 g/mol. The predicted octanol–water partition coefficient (Wildman–Crippen LogP) is 3.56. The zero-order valence-electron chi connectivity index (χ0n) is 20.1. The summed E-state index contributed by atoms with van der Waals surface area (Å²) in [4.78, 5) is 54.7. The van der Waals surface area contributed by atoms with Gasteiger partial charge in [0.15, 0.2) is 0 Å². The lowest BCUT2D eigenvalue weighted by molar-refractivity contribution is -0.144. The van der Waals surface area contributed by atoms with Gasteiger partial charge in [-0.05, 0) is 42.9 Å². The molecule has 3 rings (SSSR count). The molecular weight excluding hydrogens is 454 g/mol. The van der Waals surface area contributed by atoms with Gasteiger partial charge >= 0.3 is 0 Å². The third kappa shape index (κ3) is 6.06. The maximum atomic E-state index is 13.4. The normalized spacial score (nSPS) is 20.4. The van der Waals surface area contributed by atoms with Gasteiger partial charge in [0.25, 0.3) is 0 Å². The largest absolute Gasteiger partial charge is 0.354 e. The summed E-state index contributed by atoms with van der Waals surface area (Å²) in [6.45, 7) is 6.67. The standard InChI is InChI=1S/C26H34ClN3O4/c1-4-22(24(32)28-15-17(2)3)30(16-18-9-11-19(27)12-10-18)23(31)13-14-29-25(33)20-7-5-6-8-21(20)26(29)34/h5-6,9-12,17,20-22H,4,7-8,13-16H2,1-3H3,(H,28,32)/t20-,21+,22-/m0/s1. The molecule has 0 bridgehead atoms. The third-order valence-electron chi connectivity index (χ3n) is 6.48. The van der Waals surface area contributed by atoms with E-state index in [1.807, 2.05) is 45.1 Å². The van der Waals surface area contributed by atoms with Crippen LogP contribution in [-0.2, 0) is 25.7 Å². The highest BCUT2D eigenvalue weighted by Gasteiger charge is 2.47. The maximum absolute atomic E-state index is 13.4. The molecular formula is C26H34ClN3O4. The molecule has 8 heteroatoms. The molecule has 1 saturated heterocycles. The molecule has 1 aliphatic heterocycles. The first-order valence-corrected chi connectivity index (χ1v) is 12.4. The van der Waals surface area contributed by atoms with Gasteiger partial charge in [-0.15, -0.1) is 0 Å². The van der Waals surface area contributed by atoms with Crippen LogP contribution in [0.25, 0.3) is 0 Å². The second-order valence-electron chi connectivity index (χ2n) is 9.45. The Balaban J connectivity index is 1.74. The first kappa shape index (κ1) is 25.9. The molecule has 4 amide bonds. The van der Waals surface area contributed by atoms with E-state index in [4.69, 9.17) is 11.6 Å². The first-order chi connectivity index (χ1) is 16.2. The number of rotatable bonds is 10. The fraction of sp³-hybridized carbons (Fsp3) is 0.538. The lowest BCUT2D eigenvalue weighted by Gasteiger charge is -2.31. The van der Waals surface area contributed by atoms with Gasteiger partial charge in [0.05, 0.1) is 11.8 Å². The second kappa shape index (κ2) is 11.6. The maximum Gasteiger partial charge on any atom is 0.242 e. The molecule has 0 spiro atoms. The van der Waals surface area contributed by atoms with E-state index in [0.29, 0.717) is 30.8 Å². The lowest BCUT2D eigenvalue weighted by atomic mass is 9.85. The number of hydrogen-bond donors (Lipinski definition) is 1. The van der Waals surface area contributed by atoms with Crippen molar-refractivity contribution in [2.24, 2.45) is 17.8 Å². The molecule has 0 aromatic heterocycles. The van der Waals surface area contributed by atoms with Gasteiger partial charge in [-0.3, -0.25) is 24.1 Å². The molecule has 2 aliphatic rings. The van der Waals surface area contributed by atoms with E-state index in [0.717, 1.165) is 5.56 Å². The average molecular weight is 488 g/mol. The summed E-state index contributed by atoms with van der Waals surface area (Å²) in [7, 11) is 0. The topological polar surface area (TPSA) is 86.8 Å². The van der Waals surface area contributed by atoms with Crippen molar-refractivity contribution in [2.75, 3.05) is 13.1 Å². The Bertz CT molecular complexity index is 918. The highest BCUT2D eigenvalue weighted by Crippen LogP contribution is 2.35. The molecule has 1 fully saturated rings. The molecule has 34 heavy (non-hydrogen) atoms. The molecule has 184 valence electrons. The number of imide groups is 1. The van der Waals surface area contributed by atoms with Gasteiger partial charge in [0, 0.05) is 31.1 Å². The Morgan fingerprint density at radius 1 is 1.09 bits per heavy atom. The van der Waals surface area contributed by atoms with Crippen molar-refractivity contribution in [3.05, 3.63) is 47.0 Å². The van der Waals surface area contributed by atoms with Crippen LogP contribution in [0.1, 0.15) is 52.0 Å². The molecule has 0 unspecified atom stereocenters. The quantitative estimate of drug-likeness (QED) is 0.404. The fourth-order valence-corrected chi connectivity index (χ4v) is 4.69. The first-order valence-electron chi connectivity index (χ1n) is 12.0. The van der Waals surface area contributed by atoms with Gasteiger partial charge in [-0.1, -0.05) is 56.7 Å². The van der Waals surface area contributed by atoms with Gasteiger partial charge in [-0.2, -0.15) is 0 Å². The zero-order chi connectivity index (χ0) is 24.8. The van der Waals surface area contributed by atoms with Gasteiger partial charge in [-0.25, -0.2) is 0 Å². The predicted molar refractivity (Wildman–Crippen MR) is 131 cm³/mol. The van der Waals surface area contributed by atoms with Crippen LogP contribution in [0, 0.1) is 17.8 Å². The molecule has 1 aliphatic carbocycles. The molecule has 1 N–H and O–H groups in total. The van der Waals surface area contributed by atoms with Gasteiger partial charge in [0.1, 0.15) is 6.04 Å². The van der Waals surface area contributed by atoms with Crippen LogP contribution in [0.3, 0.4) is 0 Å². The van der Waals surface area contributed by atoms with E-state index in [9.17, 15) is 19.2 Å². The Kier molecular flexibility index (Phi) is 8.89. The minimum absolute atomic E-state index is 0.0219. The summed E-state index contributed by atoms with van der Waals surface area (Å²) < 4.78 is 0. The Labute approximate surface area is 206 Å². The van der Waals surface area contributed by atoms with Gasteiger partial charge in [0.2, 0.25) is 23.6 Å². The molecule has 0 radical (unpaired) electrons. The number of halogens is 1. The molecule has 1 aromatic carbocycles. The van der Waals surface area contributed by atoms with Crippen LogP contribution in [-0.4, -0.2) is 52.6 Å². The van der Waals surface area contributed by atoms with Crippen molar-refractivity contribution >= 4 is 35.2 Å². The summed E-state index contributed by atoms with van der Waals surface area (Å²) in [5.74, 6) is -1.21. The van der Waals surface area contributed by atoms with Crippen molar-refractivity contribution in [2.45, 2.75) is 59.0 Å². The van der Waals surface area contributed by atoms with Crippen LogP contribution < -0.4 is 5.32 Å². The van der Waals surface area contributed by atoms with Crippen LogP contribution in [0.15, 0.2) is 36.4 Å². The summed E-state index contributed by atoms with van der Waals surface area (Å²) in [6, 6.07) is 6.49. The van der Waals surface area contributed by atoms with E-state index in [1.165, 1.54) is 4.90 Å². The Morgan fingerprint density at radius 2 is 1.68 bits per heavy atom. The molecule has 1 heterocycles. The Hall–Kier alpha value is -2.67. The number of fused-ring (bicyclic) bond motifs is 1. The van der Waals surface area contributed by atoms with Crippen molar-refractivity contribution < 1.29 is 19.2 Å². The minimum atomic E-state index is -0.654. The summed E-state index contributed by atoms with van der Waals surface area (Å²) in [5.41, 5.74) is 0.846. The number of nitrogens with one attached hydrogen (secondary N) is 1. The smallest absolute Gasteiger partial charge is 0.242 e. The number of carbonyl (C=O) groups excluding carboxylic acids is 4. The highest BCUT2D eigenvalue weighted by molar-refractivity contribution is 6.30. The van der Waals surface area contributed by atoms with E-state index in [2.05, 4.69) is 5.32 Å². The van der Waals surface area contributed by atoms with Crippen molar-refractivity contribution in [1.29, 1.82) is 0 Å². The lowest BCUT2D eigenvalue weighted by Crippen LogP contribution is -2.50. The highest BCUT2D eigenvalue weighted by atomic mass is 35.5. The average Bonchev–Trinajstić information content (AvgIpc) is 3.07. The van der Waals surface area contributed by atoms with E-state index < -0.39 is 6.04 Å². The van der Waals surface area contributed by atoms with Crippen LogP contribution in [0.5, 0.6) is 0 Å². The zero-order valence-corrected chi connectivity index (χ0v) is 20.9. The van der Waals surface area contributed by atoms with Crippen LogP contribution in [0.2, 0.25) is 5.02 Å². The molecule has 3 atom stereocenters. The van der Waals surface area contributed by atoms with Crippen molar-refractivity contribution in [3.63, 3.8) is 0 Å². The van der Waals surface area contributed by atoms with E-state index in [-0.39, 0.29) is 60.9 Å². The van der Waals surface area contributed by atoms with Crippen molar-refractivity contribution in [3.8, 4) is 0 Å². The summed E-state index contributed by atoms with van der Waals surface area (Å²) >= 11 is 6.01. The fourth-order valence-electron chi connectivity index (χ4n) is 4.57. The second-order valence-corrected chi connectivity index (χ2v) is 9.88. The third-order valence-corrected chi connectivity index (χ3v) is 6.74. The van der Waals surface area contributed by atoms with E-state index in [1.54, 1.807) is 17.0 Å². The van der Waals surface area contributed by atoms with E-state index >= 15 is 0 Å². The number of likely N-dealkylation sites (tertiary alicyclic amines) is 1. The minimum Gasteiger partial charge on any atom is -0.354 e. The number of hydrogen-bond acceptors (Lipinski definition) is 4. The molecule has 0 saturated carbocycles. The van der Waals surface area contributed by atoms with Crippen LogP contribution >= 0.6 is 11.6 Å². The number of benzene rings is 1. The number of amides is 4. The number of carbonyl (C=O) groups is 4. The Morgan fingerprint density at radius 3 is 2.21 bits per heavy atom. The van der Waals surface area contributed by atoms with Crippen molar-refractivity contribution in [1.82, 2.24) is 15.1 Å². The van der Waals surface area contributed by atoms with Gasteiger partial charge < -0.3 is 10.2 Å². The summed E-state index contributed by atoms with van der Waals surface area (Å²) in [5, 5.41) is 3.52. The number of nitrogens with zero attached hydrogens (tertiary/aromatic N) is 2. The SMILES string of the molecule is CC[C@@H](C(=O)NCC(C)C)N(Cc1ccc(Cl)cc1)C(=O)CCN1C(=O)[C@H]2CC=CC[C@H]2C1=O. The molecule has 7 nitrogen and oxygen atoms in total. The summed E-state index contributed by atoms with van der Waals surface area (Å²) in [6.07, 6.45) is 5.44. The molecule has 1 aromatic rings. The van der Waals surface area contributed by atoms with Crippen LogP contribution in [0.4, 0.5) is 0 Å². The number of allylic oxidation sites excluding steroid dienone is 2.